The predicted octanol–water partition coefficient (Wildman–Crippen LogP) is 1.63. The molecule has 2 fully saturated rings. The maximum atomic E-state index is 13.2. The lowest BCUT2D eigenvalue weighted by atomic mass is 10.1. The van der Waals surface area contributed by atoms with Gasteiger partial charge in [0.15, 0.2) is 0 Å². The number of aromatic nitrogens is 3. The molecule has 3 aliphatic rings. The number of nitriles is 1. The van der Waals surface area contributed by atoms with Crippen LogP contribution in [0.1, 0.15) is 35.5 Å². The van der Waals surface area contributed by atoms with Gasteiger partial charge in [-0.25, -0.2) is 15.0 Å². The van der Waals surface area contributed by atoms with Crippen LogP contribution in [-0.2, 0) is 17.9 Å². The Balaban J connectivity index is 1.28. The largest absolute Gasteiger partial charge is 0.356 e. The smallest absolute Gasteiger partial charge is 0.228 e. The number of hydrogen-bond acceptors (Lipinski definition) is 7. The minimum Gasteiger partial charge on any atom is -0.356 e. The Hall–Kier alpha value is -3.21. The van der Waals surface area contributed by atoms with Gasteiger partial charge in [-0.15, -0.1) is 0 Å². The fourth-order valence-corrected chi connectivity index (χ4v) is 4.37. The zero-order valence-electron chi connectivity index (χ0n) is 16.5. The molecule has 0 unspecified atom stereocenters. The number of fused-ring (bicyclic) bond motifs is 1. The number of carbonyl (C=O) groups is 1. The van der Waals surface area contributed by atoms with Crippen molar-refractivity contribution < 1.29 is 4.79 Å². The summed E-state index contributed by atoms with van der Waals surface area (Å²) in [5.41, 5.74) is 2.66. The van der Waals surface area contributed by atoms with Crippen molar-refractivity contribution in [3.8, 4) is 6.07 Å². The maximum absolute atomic E-state index is 13.2. The van der Waals surface area contributed by atoms with Crippen LogP contribution in [0, 0.1) is 24.2 Å². The van der Waals surface area contributed by atoms with Gasteiger partial charge in [0.1, 0.15) is 23.5 Å². The Kier molecular flexibility index (Phi) is 4.31. The van der Waals surface area contributed by atoms with Gasteiger partial charge in [0, 0.05) is 37.9 Å². The van der Waals surface area contributed by atoms with Crippen LogP contribution < -0.4 is 9.80 Å². The molecule has 0 saturated carbocycles. The van der Waals surface area contributed by atoms with Crippen molar-refractivity contribution in [3.63, 3.8) is 0 Å². The molecule has 8 nitrogen and oxygen atoms in total. The van der Waals surface area contributed by atoms with Crippen molar-refractivity contribution in [1.82, 2.24) is 19.9 Å². The highest BCUT2D eigenvalue weighted by atomic mass is 16.2. The molecule has 0 radical (unpaired) electrons. The van der Waals surface area contributed by atoms with Gasteiger partial charge < -0.3 is 14.7 Å². The first-order valence-corrected chi connectivity index (χ1v) is 10.1. The fourth-order valence-electron chi connectivity index (χ4n) is 4.37. The zero-order valence-corrected chi connectivity index (χ0v) is 16.5. The van der Waals surface area contributed by atoms with E-state index in [1.807, 2.05) is 17.9 Å². The third kappa shape index (κ3) is 3.16. The number of aryl methyl sites for hydroxylation is 1. The van der Waals surface area contributed by atoms with Crippen LogP contribution in [0.15, 0.2) is 18.3 Å². The van der Waals surface area contributed by atoms with Gasteiger partial charge in [-0.1, -0.05) is 0 Å². The lowest BCUT2D eigenvalue weighted by molar-refractivity contribution is -0.135. The molecule has 29 heavy (non-hydrogen) atoms. The lowest BCUT2D eigenvalue weighted by Gasteiger charge is -2.33. The number of carbonyl (C=O) groups excluding carboxylic acids is 1. The van der Waals surface area contributed by atoms with Gasteiger partial charge in [-0.3, -0.25) is 4.79 Å². The number of nitrogens with zero attached hydrogens (tertiary/aromatic N) is 7. The number of pyridine rings is 1. The summed E-state index contributed by atoms with van der Waals surface area (Å²) in [6.45, 7) is 6.63. The Labute approximate surface area is 169 Å². The van der Waals surface area contributed by atoms with E-state index in [4.69, 9.17) is 5.26 Å². The molecule has 0 bridgehead atoms. The first-order valence-electron chi connectivity index (χ1n) is 10.1. The van der Waals surface area contributed by atoms with Crippen molar-refractivity contribution in [2.75, 3.05) is 36.0 Å². The van der Waals surface area contributed by atoms with E-state index in [0.29, 0.717) is 25.2 Å². The molecule has 148 valence electrons. The van der Waals surface area contributed by atoms with Crippen LogP contribution in [0.5, 0.6) is 0 Å². The van der Waals surface area contributed by atoms with E-state index < -0.39 is 0 Å². The minimum atomic E-state index is -0.0386. The molecule has 2 aromatic rings. The number of rotatable bonds is 3. The van der Waals surface area contributed by atoms with Gasteiger partial charge in [0.05, 0.1) is 30.3 Å². The molecule has 0 aromatic carbocycles. The molecule has 5 heterocycles. The molecular formula is C21H23N7O. The summed E-state index contributed by atoms with van der Waals surface area (Å²) >= 11 is 0. The topological polar surface area (TPSA) is 89.3 Å². The monoisotopic (exact) mass is 389 g/mol. The van der Waals surface area contributed by atoms with E-state index in [2.05, 4.69) is 30.8 Å². The van der Waals surface area contributed by atoms with E-state index in [9.17, 15) is 4.79 Å². The second-order valence-electron chi connectivity index (χ2n) is 8.00. The molecule has 1 atom stereocenters. The van der Waals surface area contributed by atoms with E-state index in [1.165, 1.54) is 6.42 Å². The Bertz CT molecular complexity index is 993. The summed E-state index contributed by atoms with van der Waals surface area (Å²) in [4.78, 5) is 33.2. The summed E-state index contributed by atoms with van der Waals surface area (Å²) in [5, 5.41) is 8.93. The van der Waals surface area contributed by atoms with Gasteiger partial charge >= 0.3 is 0 Å². The van der Waals surface area contributed by atoms with Gasteiger partial charge in [0.25, 0.3) is 0 Å². The standard InChI is InChI=1S/C21H23N7O/c1-14-24-18-13-28(12-17(18)20(25-14)26-6-2-7-26)21(29)16-5-8-27(11-16)19-4-3-15(9-22)10-23-19/h3-4,10,16H,2,5-8,11-13H2,1H3/t16-/m1/s1. The molecule has 8 heteroatoms. The summed E-state index contributed by atoms with van der Waals surface area (Å²) in [7, 11) is 0. The summed E-state index contributed by atoms with van der Waals surface area (Å²) < 4.78 is 0. The first-order chi connectivity index (χ1) is 14.1. The van der Waals surface area contributed by atoms with Crippen molar-refractivity contribution in [2.24, 2.45) is 5.92 Å². The van der Waals surface area contributed by atoms with Gasteiger partial charge in [0.2, 0.25) is 5.91 Å². The highest BCUT2D eigenvalue weighted by Crippen LogP contribution is 2.33. The highest BCUT2D eigenvalue weighted by molar-refractivity contribution is 5.81. The molecule has 1 amide bonds. The van der Waals surface area contributed by atoms with Crippen LogP contribution >= 0.6 is 0 Å². The van der Waals surface area contributed by atoms with Gasteiger partial charge in [-0.05, 0) is 31.9 Å². The predicted molar refractivity (Wildman–Crippen MR) is 107 cm³/mol. The van der Waals surface area contributed by atoms with E-state index in [0.717, 1.165) is 54.8 Å². The van der Waals surface area contributed by atoms with Crippen LogP contribution in [0.25, 0.3) is 0 Å². The average Bonchev–Trinajstić information content (AvgIpc) is 3.33. The average molecular weight is 389 g/mol. The number of amides is 1. The van der Waals surface area contributed by atoms with Crippen LogP contribution in [0.4, 0.5) is 11.6 Å². The Morgan fingerprint density at radius 3 is 2.72 bits per heavy atom. The van der Waals surface area contributed by atoms with Crippen LogP contribution in [-0.4, -0.2) is 51.9 Å². The van der Waals surface area contributed by atoms with Crippen molar-refractivity contribution >= 4 is 17.5 Å². The van der Waals surface area contributed by atoms with Crippen molar-refractivity contribution in [2.45, 2.75) is 32.9 Å². The lowest BCUT2D eigenvalue weighted by Crippen LogP contribution is -2.39. The number of anilines is 2. The molecule has 2 saturated heterocycles. The molecule has 5 rings (SSSR count). The van der Waals surface area contributed by atoms with E-state index in [-0.39, 0.29) is 11.8 Å². The Morgan fingerprint density at radius 2 is 2.03 bits per heavy atom. The highest BCUT2D eigenvalue weighted by Gasteiger charge is 2.36. The summed E-state index contributed by atoms with van der Waals surface area (Å²) in [6.07, 6.45) is 3.60. The second-order valence-corrected chi connectivity index (χ2v) is 8.00. The molecule has 3 aliphatic heterocycles. The van der Waals surface area contributed by atoms with Crippen LogP contribution in [0.3, 0.4) is 0 Å². The van der Waals surface area contributed by atoms with E-state index in [1.54, 1.807) is 12.3 Å². The number of hydrogen-bond donors (Lipinski definition) is 0. The zero-order chi connectivity index (χ0) is 20.0. The van der Waals surface area contributed by atoms with Crippen LogP contribution in [0.2, 0.25) is 0 Å². The van der Waals surface area contributed by atoms with Crippen molar-refractivity contribution in [1.29, 1.82) is 5.26 Å². The third-order valence-electron chi connectivity index (χ3n) is 6.08. The quantitative estimate of drug-likeness (QED) is 0.788. The molecule has 0 spiro atoms. The molecule has 0 aliphatic carbocycles. The normalized spacial score (nSPS) is 20.4. The van der Waals surface area contributed by atoms with Gasteiger partial charge in [-0.2, -0.15) is 5.26 Å². The molecular weight excluding hydrogens is 366 g/mol. The maximum Gasteiger partial charge on any atom is 0.228 e. The SMILES string of the molecule is Cc1nc2c(c(N3CCC3)n1)CN(C(=O)[C@@H]1CCN(c3ccc(C#N)cn3)C1)C2. The second kappa shape index (κ2) is 6.99. The first kappa shape index (κ1) is 17.9. The minimum absolute atomic E-state index is 0.0386. The summed E-state index contributed by atoms with van der Waals surface area (Å²) in [6, 6.07) is 5.71. The third-order valence-corrected chi connectivity index (χ3v) is 6.08. The Morgan fingerprint density at radius 1 is 1.17 bits per heavy atom. The van der Waals surface area contributed by atoms with Crippen molar-refractivity contribution in [3.05, 3.63) is 41.0 Å². The van der Waals surface area contributed by atoms with E-state index >= 15 is 0 Å². The fraction of sp³-hybridized carbons (Fsp3) is 0.476. The molecule has 2 aromatic heterocycles. The molecule has 0 N–H and O–H groups in total. The summed E-state index contributed by atoms with van der Waals surface area (Å²) in [5.74, 6) is 2.77.